The van der Waals surface area contributed by atoms with Crippen LogP contribution in [-0.2, 0) is 6.54 Å². The molecule has 7 heteroatoms. The number of aryl methyl sites for hydroxylation is 1. The van der Waals surface area contributed by atoms with Crippen molar-refractivity contribution in [3.05, 3.63) is 110 Å². The summed E-state index contributed by atoms with van der Waals surface area (Å²) in [6, 6.07) is 11.9. The van der Waals surface area contributed by atoms with Gasteiger partial charge in [-0.05, 0) is 53.9 Å². The lowest BCUT2D eigenvalue weighted by Gasteiger charge is -2.25. The summed E-state index contributed by atoms with van der Waals surface area (Å²) in [5, 5.41) is 0.743. The summed E-state index contributed by atoms with van der Waals surface area (Å²) in [6.45, 7) is 2.02. The smallest absolute Gasteiger partial charge is 0.291 e. The molecule has 5 nitrogen and oxygen atoms in total. The Morgan fingerprint density at radius 3 is 2.65 bits per heavy atom. The maximum atomic E-state index is 13.6. The largest absolute Gasteiger partial charge is 0.450 e. The normalized spacial score (nSPS) is 15.5. The molecule has 1 aliphatic heterocycles. The van der Waals surface area contributed by atoms with Crippen LogP contribution in [0.15, 0.2) is 70.1 Å². The fourth-order valence-electron chi connectivity index (χ4n) is 3.98. The van der Waals surface area contributed by atoms with Crippen LogP contribution in [0.2, 0.25) is 5.02 Å². The molecule has 4 aromatic rings. The van der Waals surface area contributed by atoms with Crippen molar-refractivity contribution in [3.8, 4) is 0 Å². The number of aromatic nitrogens is 1. The zero-order valence-corrected chi connectivity index (χ0v) is 17.2. The molecular weight excluding hydrogens is 419 g/mol. The molecule has 3 heterocycles. The van der Waals surface area contributed by atoms with E-state index in [1.54, 1.807) is 54.5 Å². The third kappa shape index (κ3) is 3.20. The molecular formula is C24H16ClFN2O3. The molecule has 0 spiro atoms. The number of benzene rings is 2. The van der Waals surface area contributed by atoms with Gasteiger partial charge < -0.3 is 9.32 Å². The number of nitrogens with zero attached hydrogens (tertiary/aromatic N) is 2. The van der Waals surface area contributed by atoms with E-state index in [0.29, 0.717) is 21.6 Å². The van der Waals surface area contributed by atoms with Crippen molar-refractivity contribution in [2.75, 3.05) is 0 Å². The number of pyridine rings is 1. The molecule has 2 aromatic carbocycles. The lowest BCUT2D eigenvalue weighted by Crippen LogP contribution is -2.29. The minimum atomic E-state index is -0.718. The van der Waals surface area contributed by atoms with Crippen molar-refractivity contribution in [2.24, 2.45) is 0 Å². The first kappa shape index (κ1) is 19.5. The summed E-state index contributed by atoms with van der Waals surface area (Å²) < 4.78 is 19.5. The van der Waals surface area contributed by atoms with Crippen molar-refractivity contribution in [2.45, 2.75) is 19.5 Å². The van der Waals surface area contributed by atoms with E-state index in [0.717, 1.165) is 11.1 Å². The first-order chi connectivity index (χ1) is 14.9. The number of rotatable bonds is 3. The summed E-state index contributed by atoms with van der Waals surface area (Å²) in [5.74, 6) is -0.808. The first-order valence-electron chi connectivity index (χ1n) is 9.66. The van der Waals surface area contributed by atoms with E-state index in [1.807, 2.05) is 6.07 Å². The highest BCUT2D eigenvalue weighted by atomic mass is 35.5. The van der Waals surface area contributed by atoms with Crippen LogP contribution in [0, 0.1) is 12.7 Å². The fraction of sp³-hybridized carbons (Fsp3) is 0.125. The van der Waals surface area contributed by atoms with Gasteiger partial charge in [-0.2, -0.15) is 0 Å². The summed E-state index contributed by atoms with van der Waals surface area (Å²) in [4.78, 5) is 32.5. The van der Waals surface area contributed by atoms with E-state index in [9.17, 15) is 14.0 Å². The van der Waals surface area contributed by atoms with Gasteiger partial charge in [0, 0.05) is 24.0 Å². The molecule has 2 aromatic heterocycles. The van der Waals surface area contributed by atoms with Crippen LogP contribution >= 0.6 is 11.6 Å². The Balaban J connectivity index is 1.75. The molecule has 31 heavy (non-hydrogen) atoms. The third-order valence-electron chi connectivity index (χ3n) is 5.51. The van der Waals surface area contributed by atoms with E-state index in [-0.39, 0.29) is 23.3 Å². The quantitative estimate of drug-likeness (QED) is 0.453. The number of carbonyl (C=O) groups is 1. The van der Waals surface area contributed by atoms with Gasteiger partial charge in [-0.25, -0.2) is 4.39 Å². The summed E-state index contributed by atoms with van der Waals surface area (Å²) in [7, 11) is 0. The van der Waals surface area contributed by atoms with Gasteiger partial charge in [0.1, 0.15) is 11.4 Å². The van der Waals surface area contributed by atoms with Crippen molar-refractivity contribution >= 4 is 28.5 Å². The van der Waals surface area contributed by atoms with Crippen LogP contribution < -0.4 is 5.43 Å². The van der Waals surface area contributed by atoms with Gasteiger partial charge in [0.2, 0.25) is 5.76 Å². The van der Waals surface area contributed by atoms with E-state index < -0.39 is 17.8 Å². The molecule has 5 rings (SSSR count). The fourth-order valence-corrected chi connectivity index (χ4v) is 4.15. The Morgan fingerprint density at radius 2 is 1.94 bits per heavy atom. The summed E-state index contributed by atoms with van der Waals surface area (Å²) in [5.41, 5.74) is 2.36. The highest BCUT2D eigenvalue weighted by Crippen LogP contribution is 2.39. The Labute approximate surface area is 181 Å². The summed E-state index contributed by atoms with van der Waals surface area (Å²) >= 11 is 6.24. The highest BCUT2D eigenvalue weighted by Gasteiger charge is 2.42. The third-order valence-corrected chi connectivity index (χ3v) is 5.92. The van der Waals surface area contributed by atoms with Crippen molar-refractivity contribution in [1.29, 1.82) is 0 Å². The van der Waals surface area contributed by atoms with Crippen LogP contribution in [0.1, 0.15) is 38.9 Å². The molecule has 0 bridgehead atoms. The van der Waals surface area contributed by atoms with Crippen LogP contribution in [0.4, 0.5) is 4.39 Å². The monoisotopic (exact) mass is 434 g/mol. The molecule has 1 aliphatic rings. The Bertz CT molecular complexity index is 1380. The Hall–Kier alpha value is -3.51. The maximum Gasteiger partial charge on any atom is 0.291 e. The number of fused-ring (bicyclic) bond motifs is 2. The summed E-state index contributed by atoms with van der Waals surface area (Å²) in [6.07, 6.45) is 3.30. The SMILES string of the molecule is Cc1cc2oc3c(c(=O)c2cc1Cl)[C@@H](c1ccc(F)cc1)N(Cc1cccnc1)C3=O. The predicted molar refractivity (Wildman–Crippen MR) is 115 cm³/mol. The van der Waals surface area contributed by atoms with Gasteiger partial charge >= 0.3 is 0 Å². The van der Waals surface area contributed by atoms with Gasteiger partial charge in [-0.3, -0.25) is 14.6 Å². The van der Waals surface area contributed by atoms with Gasteiger partial charge in [0.05, 0.1) is 17.0 Å². The molecule has 0 aliphatic carbocycles. The lowest BCUT2D eigenvalue weighted by molar-refractivity contribution is 0.0714. The standard InChI is InChI=1S/C24H16ClFN2O3/c1-13-9-19-17(10-18(13)25)22(29)20-21(15-4-6-16(26)7-5-15)28(24(30)23(20)31-19)12-14-3-2-8-27-11-14/h2-11,21H,12H2,1H3/t21-/m1/s1. The van der Waals surface area contributed by atoms with Gasteiger partial charge in [0.25, 0.3) is 5.91 Å². The minimum absolute atomic E-state index is 0.00237. The van der Waals surface area contributed by atoms with Crippen LogP contribution in [0.25, 0.3) is 11.0 Å². The average molecular weight is 435 g/mol. The molecule has 0 saturated heterocycles. The number of amides is 1. The molecule has 0 radical (unpaired) electrons. The van der Waals surface area contributed by atoms with Crippen LogP contribution in [0.3, 0.4) is 0 Å². The number of hydrogen-bond donors (Lipinski definition) is 0. The molecule has 0 N–H and O–H groups in total. The van der Waals surface area contributed by atoms with E-state index in [1.165, 1.54) is 12.1 Å². The molecule has 0 saturated carbocycles. The number of hydrogen-bond acceptors (Lipinski definition) is 4. The van der Waals surface area contributed by atoms with Gasteiger partial charge in [-0.1, -0.05) is 29.8 Å². The second-order valence-corrected chi connectivity index (χ2v) is 7.93. The topological polar surface area (TPSA) is 63.4 Å². The average Bonchev–Trinajstić information content (AvgIpc) is 3.03. The highest BCUT2D eigenvalue weighted by molar-refractivity contribution is 6.32. The van der Waals surface area contributed by atoms with E-state index in [2.05, 4.69) is 4.98 Å². The van der Waals surface area contributed by atoms with Crippen LogP contribution in [-0.4, -0.2) is 15.8 Å². The van der Waals surface area contributed by atoms with Crippen LogP contribution in [0.5, 0.6) is 0 Å². The van der Waals surface area contributed by atoms with E-state index in [4.69, 9.17) is 16.0 Å². The molecule has 0 unspecified atom stereocenters. The molecule has 154 valence electrons. The predicted octanol–water partition coefficient (Wildman–Crippen LogP) is 5.03. The number of carbonyl (C=O) groups excluding carboxylic acids is 1. The lowest BCUT2D eigenvalue weighted by atomic mass is 9.98. The Kier molecular flexibility index (Phi) is 4.59. The second kappa shape index (κ2) is 7.32. The molecule has 1 atom stereocenters. The molecule has 1 amide bonds. The minimum Gasteiger partial charge on any atom is -0.450 e. The van der Waals surface area contributed by atoms with E-state index >= 15 is 0 Å². The molecule has 0 fully saturated rings. The van der Waals surface area contributed by atoms with Crippen molar-refractivity contribution < 1.29 is 13.6 Å². The first-order valence-corrected chi connectivity index (χ1v) is 10.0. The van der Waals surface area contributed by atoms with Gasteiger partial charge in [0.15, 0.2) is 5.43 Å². The van der Waals surface area contributed by atoms with Crippen molar-refractivity contribution in [1.82, 2.24) is 9.88 Å². The van der Waals surface area contributed by atoms with Crippen molar-refractivity contribution in [3.63, 3.8) is 0 Å². The number of halogens is 2. The maximum absolute atomic E-state index is 13.6. The zero-order valence-electron chi connectivity index (χ0n) is 16.4. The Morgan fingerprint density at radius 1 is 1.16 bits per heavy atom. The second-order valence-electron chi connectivity index (χ2n) is 7.52. The zero-order chi connectivity index (χ0) is 21.7. The van der Waals surface area contributed by atoms with Gasteiger partial charge in [-0.15, -0.1) is 0 Å².